The van der Waals surface area contributed by atoms with Crippen LogP contribution in [0.25, 0.3) is 0 Å². The molecule has 1 N–H and O–H groups in total. The molecule has 8 heteroatoms. The Kier molecular flexibility index (Phi) is 5.56. The van der Waals surface area contributed by atoms with Crippen LogP contribution < -0.4 is 19.1 Å². The molecule has 31 heavy (non-hydrogen) atoms. The van der Waals surface area contributed by atoms with Gasteiger partial charge in [-0.1, -0.05) is 35.9 Å². The lowest BCUT2D eigenvalue weighted by Gasteiger charge is -2.34. The fourth-order valence-corrected chi connectivity index (χ4v) is 4.80. The number of benzene rings is 3. The van der Waals surface area contributed by atoms with Crippen LogP contribution in [0.5, 0.6) is 11.5 Å². The molecule has 1 amide bonds. The van der Waals surface area contributed by atoms with Crippen molar-refractivity contribution < 1.29 is 22.7 Å². The molecule has 0 fully saturated rings. The second kappa shape index (κ2) is 8.31. The third kappa shape index (κ3) is 4.20. The number of para-hydroxylation sites is 2. The van der Waals surface area contributed by atoms with E-state index in [0.717, 1.165) is 5.56 Å². The Bertz CT molecular complexity index is 1210. The third-order valence-corrected chi connectivity index (χ3v) is 6.77. The molecule has 0 aliphatic carbocycles. The van der Waals surface area contributed by atoms with E-state index >= 15 is 0 Å². The Morgan fingerprint density at radius 1 is 1.06 bits per heavy atom. The average Bonchev–Trinajstić information content (AvgIpc) is 2.78. The van der Waals surface area contributed by atoms with E-state index in [1.54, 1.807) is 72.8 Å². The summed E-state index contributed by atoms with van der Waals surface area (Å²) in [6.45, 7) is 1.74. The van der Waals surface area contributed by atoms with Crippen molar-refractivity contribution in [3.8, 4) is 11.5 Å². The fourth-order valence-electron chi connectivity index (χ4n) is 3.33. The first kappa shape index (κ1) is 20.7. The highest BCUT2D eigenvalue weighted by molar-refractivity contribution is 7.92. The molecular formula is C23H22N2O5S. The highest BCUT2D eigenvalue weighted by Gasteiger charge is 2.37. The van der Waals surface area contributed by atoms with Gasteiger partial charge in [0.15, 0.2) is 6.10 Å². The number of methoxy groups -OCH3 is 1. The Hall–Kier alpha value is -3.52. The van der Waals surface area contributed by atoms with E-state index in [2.05, 4.69) is 5.32 Å². The van der Waals surface area contributed by atoms with Gasteiger partial charge in [-0.25, -0.2) is 8.42 Å². The molecule has 1 aliphatic rings. The molecule has 0 aromatic heterocycles. The molecule has 3 aromatic rings. The summed E-state index contributed by atoms with van der Waals surface area (Å²) in [4.78, 5) is 13.1. The molecule has 0 bridgehead atoms. The van der Waals surface area contributed by atoms with Crippen molar-refractivity contribution in [3.05, 3.63) is 78.4 Å². The summed E-state index contributed by atoms with van der Waals surface area (Å²) in [5.41, 5.74) is 1.88. The van der Waals surface area contributed by atoms with E-state index in [9.17, 15) is 13.2 Å². The molecule has 160 valence electrons. The number of hydrogen-bond acceptors (Lipinski definition) is 5. The van der Waals surface area contributed by atoms with E-state index in [0.29, 0.717) is 22.9 Å². The minimum absolute atomic E-state index is 0.150. The van der Waals surface area contributed by atoms with Crippen molar-refractivity contribution in [2.45, 2.75) is 17.9 Å². The number of carbonyl (C=O) groups excluding carboxylic acids is 1. The molecule has 1 aliphatic heterocycles. The van der Waals surface area contributed by atoms with E-state index in [4.69, 9.17) is 9.47 Å². The fraction of sp³-hybridized carbons (Fsp3) is 0.174. The SMILES string of the molecule is COc1cccc(NC(=O)C2CN(S(=O)(=O)c3ccc(C)cc3)c3ccccc3O2)c1. The first-order chi connectivity index (χ1) is 14.9. The molecule has 1 unspecified atom stereocenters. The Morgan fingerprint density at radius 3 is 2.55 bits per heavy atom. The van der Waals surface area contributed by atoms with Crippen LogP contribution in [0.15, 0.2) is 77.7 Å². The monoisotopic (exact) mass is 438 g/mol. The maximum Gasteiger partial charge on any atom is 0.267 e. The summed E-state index contributed by atoms with van der Waals surface area (Å²) >= 11 is 0. The quantitative estimate of drug-likeness (QED) is 0.658. The number of ether oxygens (including phenoxy) is 2. The zero-order valence-corrected chi connectivity index (χ0v) is 17.9. The van der Waals surface area contributed by atoms with Crippen molar-refractivity contribution in [1.29, 1.82) is 0 Å². The van der Waals surface area contributed by atoms with Gasteiger partial charge in [-0.3, -0.25) is 9.10 Å². The Balaban J connectivity index is 1.65. The summed E-state index contributed by atoms with van der Waals surface area (Å²) in [5.74, 6) is 0.471. The van der Waals surface area contributed by atoms with Gasteiger partial charge in [0.1, 0.15) is 11.5 Å². The molecule has 1 atom stereocenters. The first-order valence-corrected chi connectivity index (χ1v) is 11.1. The number of nitrogens with one attached hydrogen (secondary N) is 1. The van der Waals surface area contributed by atoms with Gasteiger partial charge in [-0.15, -0.1) is 0 Å². The van der Waals surface area contributed by atoms with E-state index in [1.165, 1.54) is 11.4 Å². The van der Waals surface area contributed by atoms with Crippen LogP contribution in [-0.2, 0) is 14.8 Å². The zero-order chi connectivity index (χ0) is 22.0. The molecule has 0 saturated carbocycles. The van der Waals surface area contributed by atoms with Gasteiger partial charge in [0.2, 0.25) is 0 Å². The Labute approximate surface area is 181 Å². The largest absolute Gasteiger partial charge is 0.497 e. The van der Waals surface area contributed by atoms with Crippen LogP contribution in [0, 0.1) is 6.92 Å². The number of hydrogen-bond donors (Lipinski definition) is 1. The highest BCUT2D eigenvalue weighted by Crippen LogP contribution is 2.37. The molecule has 4 rings (SSSR count). The number of fused-ring (bicyclic) bond motifs is 1. The highest BCUT2D eigenvalue weighted by atomic mass is 32.2. The molecule has 3 aromatic carbocycles. The standard InChI is InChI=1S/C23H22N2O5S/c1-16-10-12-19(13-11-16)31(27,28)25-15-22(30-21-9-4-3-8-20(21)25)23(26)24-17-6-5-7-18(14-17)29-2/h3-14,22H,15H2,1-2H3,(H,24,26). The lowest BCUT2D eigenvalue weighted by molar-refractivity contribution is -0.122. The van der Waals surface area contributed by atoms with Gasteiger partial charge in [-0.2, -0.15) is 0 Å². The number of aryl methyl sites for hydroxylation is 1. The van der Waals surface area contributed by atoms with Gasteiger partial charge in [0, 0.05) is 11.8 Å². The van der Waals surface area contributed by atoms with Crippen LogP contribution in [-0.4, -0.2) is 34.1 Å². The molecule has 0 radical (unpaired) electrons. The first-order valence-electron chi connectivity index (χ1n) is 9.68. The van der Waals surface area contributed by atoms with Crippen molar-refractivity contribution in [2.75, 3.05) is 23.3 Å². The topological polar surface area (TPSA) is 84.9 Å². The predicted octanol–water partition coefficient (Wildman–Crippen LogP) is 3.60. The lowest BCUT2D eigenvalue weighted by Crippen LogP contribution is -2.48. The van der Waals surface area contributed by atoms with E-state index in [1.807, 2.05) is 6.92 Å². The molecule has 7 nitrogen and oxygen atoms in total. The van der Waals surface area contributed by atoms with Crippen molar-refractivity contribution in [2.24, 2.45) is 0 Å². The van der Waals surface area contributed by atoms with E-state index in [-0.39, 0.29) is 11.4 Å². The number of rotatable bonds is 5. The van der Waals surface area contributed by atoms with Gasteiger partial charge in [0.25, 0.3) is 15.9 Å². The summed E-state index contributed by atoms with van der Waals surface area (Å²) in [6.07, 6.45) is -1.03. The summed E-state index contributed by atoms with van der Waals surface area (Å²) in [7, 11) is -2.35. The summed E-state index contributed by atoms with van der Waals surface area (Å²) in [6, 6.07) is 20.3. The third-order valence-electron chi connectivity index (χ3n) is 4.97. The van der Waals surface area contributed by atoms with Crippen LogP contribution in [0.3, 0.4) is 0 Å². The van der Waals surface area contributed by atoms with Gasteiger partial charge < -0.3 is 14.8 Å². The van der Waals surface area contributed by atoms with Crippen molar-refractivity contribution in [1.82, 2.24) is 0 Å². The van der Waals surface area contributed by atoms with Crippen molar-refractivity contribution in [3.63, 3.8) is 0 Å². The average molecular weight is 439 g/mol. The minimum Gasteiger partial charge on any atom is -0.497 e. The number of carbonyl (C=O) groups is 1. The van der Waals surface area contributed by atoms with Gasteiger partial charge in [-0.05, 0) is 43.3 Å². The Morgan fingerprint density at radius 2 is 1.81 bits per heavy atom. The van der Waals surface area contributed by atoms with Crippen molar-refractivity contribution >= 4 is 27.3 Å². The molecule has 1 heterocycles. The number of amides is 1. The zero-order valence-electron chi connectivity index (χ0n) is 17.1. The molecular weight excluding hydrogens is 416 g/mol. The van der Waals surface area contributed by atoms with Gasteiger partial charge >= 0.3 is 0 Å². The molecule has 0 saturated heterocycles. The van der Waals surface area contributed by atoms with Gasteiger partial charge in [0.05, 0.1) is 24.2 Å². The maximum atomic E-state index is 13.4. The predicted molar refractivity (Wildman–Crippen MR) is 118 cm³/mol. The second-order valence-corrected chi connectivity index (χ2v) is 9.01. The number of sulfonamides is 1. The molecule has 0 spiro atoms. The summed E-state index contributed by atoms with van der Waals surface area (Å²) < 4.78 is 39.0. The van der Waals surface area contributed by atoms with E-state index < -0.39 is 22.0 Å². The number of anilines is 2. The normalized spacial score (nSPS) is 15.5. The number of nitrogens with zero attached hydrogens (tertiary/aromatic N) is 1. The maximum absolute atomic E-state index is 13.4. The van der Waals surface area contributed by atoms with Crippen LogP contribution in [0.1, 0.15) is 5.56 Å². The second-order valence-electron chi connectivity index (χ2n) is 7.14. The summed E-state index contributed by atoms with van der Waals surface area (Å²) in [5, 5.41) is 2.77. The lowest BCUT2D eigenvalue weighted by atomic mass is 10.2. The smallest absolute Gasteiger partial charge is 0.267 e. The van der Waals surface area contributed by atoms with Crippen LogP contribution >= 0.6 is 0 Å². The van der Waals surface area contributed by atoms with Crippen LogP contribution in [0.2, 0.25) is 0 Å². The van der Waals surface area contributed by atoms with Crippen LogP contribution in [0.4, 0.5) is 11.4 Å². The minimum atomic E-state index is -3.89.